The maximum atomic E-state index is 8.00. The van der Waals surface area contributed by atoms with Crippen molar-refractivity contribution in [1.29, 1.82) is 0 Å². The molecule has 0 heterocycles. The van der Waals surface area contributed by atoms with Crippen LogP contribution in [0.1, 0.15) is 0 Å². The van der Waals surface area contributed by atoms with Crippen LogP contribution in [0.4, 0.5) is 0 Å². The fraction of sp³-hybridized carbons (Fsp3) is 0. The second kappa shape index (κ2) is 187. The van der Waals surface area contributed by atoms with Crippen LogP contribution in [-0.2, 0) is 0 Å². The normalized spacial score (nSPS) is 3.43. The summed E-state index contributed by atoms with van der Waals surface area (Å²) >= 11 is 0. The van der Waals surface area contributed by atoms with Gasteiger partial charge < -0.3 is 40.5 Å². The molecule has 72 valence electrons. The summed E-state index contributed by atoms with van der Waals surface area (Å²) in [5.41, 5.74) is 0. The Morgan fingerprint density at radius 2 is 0.571 bits per heavy atom. The summed E-state index contributed by atoms with van der Waals surface area (Å²) in [6, 6.07) is 0. The molecule has 0 spiro atoms. The van der Waals surface area contributed by atoms with Crippen molar-refractivity contribution in [1.82, 2.24) is 0 Å². The molecule has 12 nitrogen and oxygen atoms in total. The van der Waals surface area contributed by atoms with E-state index in [1.165, 1.54) is 0 Å². The van der Waals surface area contributed by atoms with Crippen molar-refractivity contribution in [2.45, 2.75) is 0 Å². The molecule has 0 fully saturated rings. The minimum Gasteiger partial charge on any atom is -0.444 e. The molecule has 0 aromatic heterocycles. The number of rotatable bonds is 0. The van der Waals surface area contributed by atoms with E-state index in [0.717, 1.165) is 21.4 Å². The molecule has 14 heavy (non-hydrogen) atoms. The van der Waals surface area contributed by atoms with Gasteiger partial charge in [-0.05, 0) is 0 Å². The summed E-state index contributed by atoms with van der Waals surface area (Å²) < 4.78 is 0. The maximum absolute atomic E-state index is 8.00. The molecule has 0 aliphatic heterocycles. The quantitative estimate of drug-likeness (QED) is 0.242. The van der Waals surface area contributed by atoms with Gasteiger partial charge in [0.25, 0.3) is 0 Å². The van der Waals surface area contributed by atoms with Crippen LogP contribution in [0, 0.1) is 40.5 Å². The molecule has 0 aliphatic carbocycles. The van der Waals surface area contributed by atoms with Gasteiger partial charge in [-0.2, -0.15) is 0 Å². The molecule has 0 bridgehead atoms. The van der Waals surface area contributed by atoms with Crippen molar-refractivity contribution in [3.05, 3.63) is 40.5 Å². The zero-order valence-electron chi connectivity index (χ0n) is 6.63. The van der Waals surface area contributed by atoms with Crippen LogP contribution in [0.15, 0.2) is 21.4 Å². The van der Waals surface area contributed by atoms with E-state index < -0.39 is 0 Å². The van der Waals surface area contributed by atoms with E-state index in [0.29, 0.717) is 0 Å². The molecule has 0 aromatic rings. The molecule has 0 saturated heterocycles. The Bertz CT molecular complexity index is 75.3. The fourth-order valence-corrected chi connectivity index (χ4v) is 0. The average Bonchev–Trinajstić information content (AvgIpc) is 1.92. The summed E-state index contributed by atoms with van der Waals surface area (Å²) in [5, 5.41) is 36.0. The zero-order valence-corrected chi connectivity index (χ0v) is 8.63. The maximum Gasteiger partial charge on any atom is 3.00 e. The third kappa shape index (κ3) is 559. The van der Waals surface area contributed by atoms with Gasteiger partial charge in [0.2, 0.25) is 0 Å². The molecule has 0 unspecified atom stereocenters. The summed E-state index contributed by atoms with van der Waals surface area (Å²) in [7, 11) is 0. The van der Waals surface area contributed by atoms with Gasteiger partial charge >= 0.3 is 38.0 Å². The van der Waals surface area contributed by atoms with Crippen molar-refractivity contribution >= 4 is 8.41 Å². The third-order valence-electron chi connectivity index (χ3n) is 0. The molecule has 0 rings (SSSR count). The van der Waals surface area contributed by atoms with Crippen LogP contribution < -0.4 is 29.6 Å². The average molecular weight is 218 g/mol. The first-order valence-electron chi connectivity index (χ1n) is 1.46. The van der Waals surface area contributed by atoms with Gasteiger partial charge in [0, 0.05) is 0 Å². The molecular formula is BN4NaO8. The molecular weight excluding hydrogens is 218 g/mol. The predicted molar refractivity (Wildman–Crippen MR) is 42.4 cm³/mol. The van der Waals surface area contributed by atoms with E-state index in [4.69, 9.17) is 40.5 Å². The van der Waals surface area contributed by atoms with E-state index in [1.807, 2.05) is 0 Å². The molecule has 0 saturated carbocycles. The molecule has 0 N–H and O–H groups in total. The number of hydrogen-bond acceptors (Lipinski definition) is 12. The van der Waals surface area contributed by atoms with Crippen molar-refractivity contribution in [3.63, 3.8) is 0 Å². The SMILES string of the molecule is O=N[O-].O=N[O-].O=N[O-].O=N[O-].[B+3].[Na+]. The van der Waals surface area contributed by atoms with Crippen LogP contribution in [0.2, 0.25) is 0 Å². The Labute approximate surface area is 99.9 Å². The smallest absolute Gasteiger partial charge is 0.444 e. The second-order valence-electron chi connectivity index (χ2n) is 0.298. The van der Waals surface area contributed by atoms with Crippen molar-refractivity contribution in [3.8, 4) is 0 Å². The van der Waals surface area contributed by atoms with Gasteiger partial charge in [-0.15, -0.1) is 21.4 Å². The van der Waals surface area contributed by atoms with Crippen molar-refractivity contribution in [2.24, 2.45) is 21.4 Å². The van der Waals surface area contributed by atoms with Gasteiger partial charge in [-0.25, -0.2) is 0 Å². The molecule has 0 atom stereocenters. The van der Waals surface area contributed by atoms with Crippen LogP contribution in [0.25, 0.3) is 0 Å². The van der Waals surface area contributed by atoms with Gasteiger partial charge in [-0.3, -0.25) is 0 Å². The van der Waals surface area contributed by atoms with Crippen LogP contribution in [-0.4, -0.2) is 8.41 Å². The Morgan fingerprint density at radius 1 is 0.571 bits per heavy atom. The zero-order chi connectivity index (χ0) is 10.8. The minimum absolute atomic E-state index is 0. The van der Waals surface area contributed by atoms with Gasteiger partial charge in [-0.1, -0.05) is 0 Å². The second-order valence-corrected chi connectivity index (χ2v) is 0.298. The first kappa shape index (κ1) is 38.8. The third-order valence-corrected chi connectivity index (χ3v) is 0. The van der Waals surface area contributed by atoms with Crippen LogP contribution >= 0.6 is 0 Å². The Morgan fingerprint density at radius 3 is 0.571 bits per heavy atom. The topological polar surface area (TPSA) is 210 Å². The summed E-state index contributed by atoms with van der Waals surface area (Å²) in [6.07, 6.45) is 0. The Kier molecular flexibility index (Phi) is 518. The summed E-state index contributed by atoms with van der Waals surface area (Å²) in [6.45, 7) is 0. The van der Waals surface area contributed by atoms with E-state index in [9.17, 15) is 0 Å². The van der Waals surface area contributed by atoms with Crippen molar-refractivity contribution in [2.75, 3.05) is 0 Å². The number of nitrogens with zero attached hydrogens (tertiary/aromatic N) is 4. The van der Waals surface area contributed by atoms with Crippen LogP contribution in [0.3, 0.4) is 0 Å². The molecule has 0 aromatic carbocycles. The molecule has 0 amide bonds. The van der Waals surface area contributed by atoms with Crippen LogP contribution in [0.5, 0.6) is 0 Å². The fourth-order valence-electron chi connectivity index (χ4n) is 0. The standard InChI is InChI=1S/B.4HNO2.Na/c;4*2-1-3;/h;4*(H,2,3);/q+3;;;;;+1/p-4. The van der Waals surface area contributed by atoms with Gasteiger partial charge in [0.05, 0.1) is 0 Å². The molecule has 14 heteroatoms. The predicted octanol–water partition coefficient (Wildman–Crippen LogP) is -2.37. The molecule has 0 radical (unpaired) electrons. The van der Waals surface area contributed by atoms with Gasteiger partial charge in [0.15, 0.2) is 0 Å². The minimum atomic E-state index is 0. The van der Waals surface area contributed by atoms with Crippen molar-refractivity contribution < 1.29 is 29.6 Å². The van der Waals surface area contributed by atoms with E-state index in [1.54, 1.807) is 0 Å². The Balaban J connectivity index is -0.0000000145. The van der Waals surface area contributed by atoms with E-state index in [2.05, 4.69) is 0 Å². The Hall–Kier alpha value is -1.34. The summed E-state index contributed by atoms with van der Waals surface area (Å²) in [4.78, 5) is 32.0. The number of hydrogen-bond donors (Lipinski definition) is 0. The first-order valence-corrected chi connectivity index (χ1v) is 1.46. The van der Waals surface area contributed by atoms with E-state index >= 15 is 0 Å². The summed E-state index contributed by atoms with van der Waals surface area (Å²) in [5.74, 6) is 0. The monoisotopic (exact) mass is 218 g/mol. The largest absolute Gasteiger partial charge is 3.00 e. The van der Waals surface area contributed by atoms with Gasteiger partial charge in [0.1, 0.15) is 0 Å². The molecule has 0 aliphatic rings. The van der Waals surface area contributed by atoms with E-state index in [-0.39, 0.29) is 38.0 Å². The first-order chi connectivity index (χ1) is 5.66.